The summed E-state index contributed by atoms with van der Waals surface area (Å²) in [6.07, 6.45) is 43.2. The third-order valence-electron chi connectivity index (χ3n) is 9.63. The average molecular weight is 812 g/mol. The number of phosphoric ester groups is 1. The van der Waals surface area contributed by atoms with Crippen molar-refractivity contribution < 1.29 is 42.1 Å². The van der Waals surface area contributed by atoms with E-state index < -0.39 is 32.5 Å². The first-order chi connectivity index (χ1) is 27.0. The standard InChI is InChI=1S/C46H86NO8P/c1-6-8-10-12-14-16-18-20-22-23-25-27-29-31-33-35-37-39-46(49)55-44(43-54-56(50,51)53-41-40-47(3,4)5)42-52-45(48)38-36-34-32-30-28-26-24-21-19-17-15-13-11-9-7-2/h25-28,31,33,44H,6-24,29-30,32,34-43H2,1-5H3/b27-25+,28-26+,33-31+/t44-/m1/s1. The largest absolute Gasteiger partial charge is 0.756 e. The molecular weight excluding hydrogens is 725 g/mol. The van der Waals surface area contributed by atoms with Gasteiger partial charge >= 0.3 is 11.9 Å². The molecular formula is C46H86NO8P. The Labute approximate surface area is 344 Å². The van der Waals surface area contributed by atoms with E-state index in [0.717, 1.165) is 44.9 Å². The van der Waals surface area contributed by atoms with Crippen LogP contribution in [0, 0.1) is 0 Å². The van der Waals surface area contributed by atoms with Crippen LogP contribution in [-0.4, -0.2) is 70.0 Å². The molecule has 0 fully saturated rings. The molecule has 0 N–H and O–H groups in total. The number of unbranched alkanes of at least 4 members (excludes halogenated alkanes) is 21. The quantitative estimate of drug-likeness (QED) is 0.0197. The van der Waals surface area contributed by atoms with Gasteiger partial charge in [0.15, 0.2) is 6.10 Å². The summed E-state index contributed by atoms with van der Waals surface area (Å²) in [7, 11) is 1.13. The molecule has 56 heavy (non-hydrogen) atoms. The second-order valence-corrected chi connectivity index (χ2v) is 17.8. The smallest absolute Gasteiger partial charge is 0.306 e. The summed E-state index contributed by atoms with van der Waals surface area (Å²) in [5.74, 6) is -0.904. The molecule has 0 aliphatic rings. The van der Waals surface area contributed by atoms with Gasteiger partial charge in [-0.25, -0.2) is 0 Å². The lowest BCUT2D eigenvalue weighted by atomic mass is 10.1. The van der Waals surface area contributed by atoms with E-state index in [1.54, 1.807) is 0 Å². The molecule has 0 radical (unpaired) electrons. The van der Waals surface area contributed by atoms with Crippen LogP contribution in [0.15, 0.2) is 36.5 Å². The van der Waals surface area contributed by atoms with Crippen molar-refractivity contribution in [2.75, 3.05) is 47.5 Å². The monoisotopic (exact) mass is 812 g/mol. The highest BCUT2D eigenvalue weighted by molar-refractivity contribution is 7.45. The molecule has 0 saturated carbocycles. The zero-order chi connectivity index (χ0) is 41.4. The number of phosphoric acid groups is 1. The van der Waals surface area contributed by atoms with Crippen LogP contribution in [-0.2, 0) is 32.7 Å². The topological polar surface area (TPSA) is 111 Å². The van der Waals surface area contributed by atoms with Crippen LogP contribution in [0.3, 0.4) is 0 Å². The Morgan fingerprint density at radius 1 is 0.554 bits per heavy atom. The SMILES string of the molecule is CCCCCCCCCC/C=C/CCCCCC(=O)OC[C@H](COP(=O)([O-])OCC[N+](C)(C)C)OC(=O)CCC/C=C/C/C=C/CCCCCCCCCCC. The van der Waals surface area contributed by atoms with Gasteiger partial charge in [0, 0.05) is 12.8 Å². The number of nitrogens with zero attached hydrogens (tertiary/aromatic N) is 1. The van der Waals surface area contributed by atoms with E-state index in [2.05, 4.69) is 50.3 Å². The molecule has 0 aromatic carbocycles. The molecule has 0 rings (SSSR count). The highest BCUT2D eigenvalue weighted by atomic mass is 31.2. The molecule has 0 aromatic heterocycles. The molecule has 0 saturated heterocycles. The third kappa shape index (κ3) is 41.9. The maximum absolute atomic E-state index is 12.7. The van der Waals surface area contributed by atoms with Crippen molar-refractivity contribution in [3.63, 3.8) is 0 Å². The first-order valence-corrected chi connectivity index (χ1v) is 24.2. The number of ether oxygens (including phenoxy) is 2. The van der Waals surface area contributed by atoms with E-state index in [0.29, 0.717) is 23.9 Å². The Balaban J connectivity index is 4.43. The van der Waals surface area contributed by atoms with Gasteiger partial charge in [-0.05, 0) is 64.2 Å². The second-order valence-electron chi connectivity index (χ2n) is 16.4. The van der Waals surface area contributed by atoms with Crippen LogP contribution in [0.4, 0.5) is 0 Å². The number of quaternary nitrogens is 1. The number of carbonyl (C=O) groups excluding carboxylic acids is 2. The number of likely N-dealkylation sites (N-methyl/N-ethyl adjacent to an activating group) is 1. The highest BCUT2D eigenvalue weighted by Crippen LogP contribution is 2.38. The van der Waals surface area contributed by atoms with Crippen LogP contribution in [0.5, 0.6) is 0 Å². The van der Waals surface area contributed by atoms with Crippen molar-refractivity contribution in [1.29, 1.82) is 0 Å². The zero-order valence-electron chi connectivity index (χ0n) is 36.8. The fourth-order valence-electron chi connectivity index (χ4n) is 6.04. The molecule has 0 bridgehead atoms. The van der Waals surface area contributed by atoms with Crippen molar-refractivity contribution in [3.05, 3.63) is 36.5 Å². The molecule has 9 nitrogen and oxygen atoms in total. The second kappa shape index (κ2) is 38.7. The average Bonchev–Trinajstić information content (AvgIpc) is 3.15. The normalized spacial score (nSPS) is 13.9. The Bertz CT molecular complexity index is 1050. The van der Waals surface area contributed by atoms with Gasteiger partial charge in [-0.1, -0.05) is 153 Å². The number of hydrogen-bond acceptors (Lipinski definition) is 8. The van der Waals surface area contributed by atoms with E-state index in [1.807, 2.05) is 21.1 Å². The van der Waals surface area contributed by atoms with Crippen molar-refractivity contribution >= 4 is 19.8 Å². The highest BCUT2D eigenvalue weighted by Gasteiger charge is 2.21. The fraction of sp³-hybridized carbons (Fsp3) is 0.826. The molecule has 1 unspecified atom stereocenters. The van der Waals surface area contributed by atoms with Gasteiger partial charge in [0.2, 0.25) is 0 Å². The van der Waals surface area contributed by atoms with Crippen LogP contribution in [0.2, 0.25) is 0 Å². The Morgan fingerprint density at radius 3 is 1.48 bits per heavy atom. The summed E-state index contributed by atoms with van der Waals surface area (Å²) in [6, 6.07) is 0. The van der Waals surface area contributed by atoms with Gasteiger partial charge in [-0.3, -0.25) is 14.2 Å². The van der Waals surface area contributed by atoms with Crippen molar-refractivity contribution in [2.24, 2.45) is 0 Å². The van der Waals surface area contributed by atoms with E-state index in [9.17, 15) is 19.0 Å². The number of carbonyl (C=O) groups is 2. The zero-order valence-corrected chi connectivity index (χ0v) is 37.7. The maximum atomic E-state index is 12.7. The number of rotatable bonds is 41. The first-order valence-electron chi connectivity index (χ1n) is 22.7. The molecule has 0 aliphatic carbocycles. The Kier molecular flexibility index (Phi) is 37.5. The van der Waals surface area contributed by atoms with Gasteiger partial charge in [0.1, 0.15) is 19.8 Å². The summed E-state index contributed by atoms with van der Waals surface area (Å²) in [5.41, 5.74) is 0. The summed E-state index contributed by atoms with van der Waals surface area (Å²) in [5, 5.41) is 0. The van der Waals surface area contributed by atoms with E-state index in [1.165, 1.54) is 109 Å². The minimum atomic E-state index is -4.64. The Hall–Kier alpha value is -1.77. The van der Waals surface area contributed by atoms with Crippen LogP contribution < -0.4 is 4.89 Å². The van der Waals surface area contributed by atoms with Gasteiger partial charge in [0.25, 0.3) is 7.82 Å². The van der Waals surface area contributed by atoms with Crippen LogP contribution >= 0.6 is 7.82 Å². The lowest BCUT2D eigenvalue weighted by Gasteiger charge is -2.28. The van der Waals surface area contributed by atoms with Crippen LogP contribution in [0.25, 0.3) is 0 Å². The summed E-state index contributed by atoms with van der Waals surface area (Å²) in [6.45, 7) is 4.16. The van der Waals surface area contributed by atoms with Crippen molar-refractivity contribution in [2.45, 2.75) is 200 Å². The number of esters is 2. The summed E-state index contributed by atoms with van der Waals surface area (Å²) in [4.78, 5) is 37.5. The summed E-state index contributed by atoms with van der Waals surface area (Å²) >= 11 is 0. The maximum Gasteiger partial charge on any atom is 0.306 e. The fourth-order valence-corrected chi connectivity index (χ4v) is 6.77. The predicted molar refractivity (Wildman–Crippen MR) is 231 cm³/mol. The minimum Gasteiger partial charge on any atom is -0.756 e. The lowest BCUT2D eigenvalue weighted by Crippen LogP contribution is -2.37. The van der Waals surface area contributed by atoms with Crippen LogP contribution in [0.1, 0.15) is 194 Å². The molecule has 10 heteroatoms. The van der Waals surface area contributed by atoms with Gasteiger partial charge < -0.3 is 27.9 Å². The minimum absolute atomic E-state index is 0.0403. The molecule has 0 aliphatic heterocycles. The number of hydrogen-bond donors (Lipinski definition) is 0. The summed E-state index contributed by atoms with van der Waals surface area (Å²) < 4.78 is 33.8. The Morgan fingerprint density at radius 2 is 0.982 bits per heavy atom. The van der Waals surface area contributed by atoms with Crippen molar-refractivity contribution in [1.82, 2.24) is 0 Å². The first kappa shape index (κ1) is 54.2. The molecule has 0 amide bonds. The molecule has 0 spiro atoms. The third-order valence-corrected chi connectivity index (χ3v) is 10.6. The van der Waals surface area contributed by atoms with E-state index in [-0.39, 0.29) is 26.1 Å². The lowest BCUT2D eigenvalue weighted by molar-refractivity contribution is -0.870. The van der Waals surface area contributed by atoms with E-state index >= 15 is 0 Å². The van der Waals surface area contributed by atoms with Gasteiger partial charge in [-0.2, -0.15) is 0 Å². The van der Waals surface area contributed by atoms with E-state index in [4.69, 9.17) is 18.5 Å². The number of allylic oxidation sites excluding steroid dienone is 6. The molecule has 0 heterocycles. The molecule has 2 atom stereocenters. The molecule has 0 aromatic rings. The predicted octanol–water partition coefficient (Wildman–Crippen LogP) is 12.3. The molecule has 328 valence electrons. The van der Waals surface area contributed by atoms with Gasteiger partial charge in [0.05, 0.1) is 27.7 Å². The van der Waals surface area contributed by atoms with Crippen molar-refractivity contribution in [3.8, 4) is 0 Å². The van der Waals surface area contributed by atoms with Gasteiger partial charge in [-0.15, -0.1) is 0 Å².